The summed E-state index contributed by atoms with van der Waals surface area (Å²) in [5, 5.41) is 12.0. The molecular weight excluding hydrogens is 440 g/mol. The summed E-state index contributed by atoms with van der Waals surface area (Å²) in [6, 6.07) is 15.0. The molecule has 4 rings (SSSR count). The van der Waals surface area contributed by atoms with E-state index in [1.54, 1.807) is 24.3 Å². The number of anilines is 2. The lowest BCUT2D eigenvalue weighted by atomic mass is 10.1. The van der Waals surface area contributed by atoms with Gasteiger partial charge in [-0.15, -0.1) is 11.8 Å². The summed E-state index contributed by atoms with van der Waals surface area (Å²) >= 11 is 1.38. The molecule has 1 amide bonds. The Morgan fingerprint density at radius 1 is 1.24 bits per heavy atom. The number of carbonyl (C=O) groups excluding carboxylic acids is 1. The van der Waals surface area contributed by atoms with E-state index in [0.29, 0.717) is 28.7 Å². The van der Waals surface area contributed by atoms with Gasteiger partial charge in [0.15, 0.2) is 0 Å². The summed E-state index contributed by atoms with van der Waals surface area (Å²) < 4.78 is 12.3. The second-order valence-corrected chi connectivity index (χ2v) is 8.02. The lowest BCUT2D eigenvalue weighted by Gasteiger charge is -2.08. The average molecular weight is 465 g/mol. The number of ether oxygens (including phenoxy) is 1. The molecule has 0 bridgehead atoms. The average Bonchev–Trinajstić information content (AvgIpc) is 3.40. The second kappa shape index (κ2) is 9.78. The molecule has 0 saturated heterocycles. The molecule has 0 radical (unpaired) electrons. The van der Waals surface area contributed by atoms with E-state index in [-0.39, 0.29) is 24.2 Å². The molecule has 2 heterocycles. The SMILES string of the molecule is CCOc1ccc(NC(=O)Cn2nc(SC)c(-c3nc(-c4cccc(C)c4)no3)c2N)cc1. The van der Waals surface area contributed by atoms with Crippen molar-refractivity contribution in [2.24, 2.45) is 0 Å². The van der Waals surface area contributed by atoms with E-state index in [0.717, 1.165) is 16.9 Å². The molecule has 0 aliphatic rings. The van der Waals surface area contributed by atoms with Crippen LogP contribution in [0.2, 0.25) is 0 Å². The third-order valence-corrected chi connectivity index (χ3v) is 5.48. The van der Waals surface area contributed by atoms with Gasteiger partial charge in [-0.25, -0.2) is 4.68 Å². The summed E-state index contributed by atoms with van der Waals surface area (Å²) in [7, 11) is 0. The van der Waals surface area contributed by atoms with Gasteiger partial charge in [-0.05, 0) is 50.4 Å². The predicted molar refractivity (Wildman–Crippen MR) is 128 cm³/mol. The molecular formula is C23H24N6O3S. The molecule has 3 N–H and O–H groups in total. The van der Waals surface area contributed by atoms with E-state index in [4.69, 9.17) is 15.0 Å². The maximum Gasteiger partial charge on any atom is 0.264 e. The Bertz CT molecular complexity index is 1270. The van der Waals surface area contributed by atoms with Crippen LogP contribution in [-0.4, -0.2) is 38.7 Å². The number of thioether (sulfide) groups is 1. The van der Waals surface area contributed by atoms with Crippen molar-refractivity contribution in [1.29, 1.82) is 0 Å². The third-order valence-electron chi connectivity index (χ3n) is 4.81. The van der Waals surface area contributed by atoms with E-state index >= 15 is 0 Å². The molecule has 0 saturated carbocycles. The monoisotopic (exact) mass is 464 g/mol. The van der Waals surface area contributed by atoms with E-state index in [9.17, 15) is 4.79 Å². The Hall–Kier alpha value is -3.79. The number of nitrogens with two attached hydrogens (primary N) is 1. The summed E-state index contributed by atoms with van der Waals surface area (Å²) in [4.78, 5) is 17.1. The maximum absolute atomic E-state index is 12.6. The van der Waals surface area contributed by atoms with Crippen molar-refractivity contribution in [3.8, 4) is 28.6 Å². The number of hydrogen-bond donors (Lipinski definition) is 2. The van der Waals surface area contributed by atoms with Crippen LogP contribution in [0.5, 0.6) is 5.75 Å². The second-order valence-electron chi connectivity index (χ2n) is 7.23. The number of rotatable bonds is 8. The topological polar surface area (TPSA) is 121 Å². The highest BCUT2D eigenvalue weighted by Crippen LogP contribution is 2.35. The van der Waals surface area contributed by atoms with E-state index in [2.05, 4.69) is 20.6 Å². The van der Waals surface area contributed by atoms with Gasteiger partial charge in [0.05, 0.1) is 6.61 Å². The molecule has 0 fully saturated rings. The van der Waals surface area contributed by atoms with Crippen LogP contribution in [0.3, 0.4) is 0 Å². The van der Waals surface area contributed by atoms with Gasteiger partial charge in [-0.1, -0.05) is 28.9 Å². The van der Waals surface area contributed by atoms with Crippen LogP contribution in [0.1, 0.15) is 12.5 Å². The Morgan fingerprint density at radius 2 is 2.03 bits per heavy atom. The molecule has 0 aliphatic heterocycles. The van der Waals surface area contributed by atoms with E-state index in [1.165, 1.54) is 16.4 Å². The number of amides is 1. The van der Waals surface area contributed by atoms with Crippen molar-refractivity contribution < 1.29 is 14.1 Å². The molecule has 33 heavy (non-hydrogen) atoms. The number of hydrogen-bond acceptors (Lipinski definition) is 8. The van der Waals surface area contributed by atoms with Crippen LogP contribution in [0, 0.1) is 6.92 Å². The smallest absolute Gasteiger partial charge is 0.264 e. The molecule has 170 valence electrons. The van der Waals surface area contributed by atoms with Crippen molar-refractivity contribution in [2.75, 3.05) is 23.9 Å². The lowest BCUT2D eigenvalue weighted by molar-refractivity contribution is -0.116. The third kappa shape index (κ3) is 5.01. The van der Waals surface area contributed by atoms with Gasteiger partial charge in [-0.3, -0.25) is 4.79 Å². The van der Waals surface area contributed by atoms with Gasteiger partial charge in [0.25, 0.3) is 5.89 Å². The van der Waals surface area contributed by atoms with Crippen molar-refractivity contribution in [3.05, 3.63) is 54.1 Å². The fraction of sp³-hybridized carbons (Fsp3) is 0.217. The summed E-state index contributed by atoms with van der Waals surface area (Å²) in [6.45, 7) is 4.43. The molecule has 0 atom stereocenters. The number of benzene rings is 2. The standard InChI is InChI=1S/C23H24N6O3S/c1-4-31-17-10-8-16(9-11-17)25-18(30)13-29-20(24)19(23(27-29)33-3)22-26-21(28-32-22)15-7-5-6-14(2)12-15/h5-12H,4,13,24H2,1-3H3,(H,25,30). The maximum atomic E-state index is 12.6. The van der Waals surface area contributed by atoms with Gasteiger partial charge in [0.2, 0.25) is 11.7 Å². The van der Waals surface area contributed by atoms with Gasteiger partial charge in [-0.2, -0.15) is 10.1 Å². The minimum absolute atomic E-state index is 0.0640. The summed E-state index contributed by atoms with van der Waals surface area (Å²) in [5.74, 6) is 1.47. The number of carbonyl (C=O) groups is 1. The van der Waals surface area contributed by atoms with Crippen LogP contribution >= 0.6 is 11.8 Å². The minimum Gasteiger partial charge on any atom is -0.494 e. The Labute approximate surface area is 195 Å². The highest BCUT2D eigenvalue weighted by Gasteiger charge is 2.23. The first-order valence-electron chi connectivity index (χ1n) is 10.3. The number of nitrogens with one attached hydrogen (secondary N) is 1. The first-order chi connectivity index (χ1) is 16.0. The zero-order valence-electron chi connectivity index (χ0n) is 18.5. The number of aromatic nitrogens is 4. The fourth-order valence-electron chi connectivity index (χ4n) is 3.28. The van der Waals surface area contributed by atoms with Crippen LogP contribution < -0.4 is 15.8 Å². The zero-order chi connectivity index (χ0) is 23.4. The molecule has 0 spiro atoms. The van der Waals surface area contributed by atoms with Crippen LogP contribution in [0.25, 0.3) is 22.8 Å². The summed E-state index contributed by atoms with van der Waals surface area (Å²) in [5.41, 5.74) is 9.45. The summed E-state index contributed by atoms with van der Waals surface area (Å²) in [6.07, 6.45) is 1.87. The molecule has 4 aromatic rings. The Balaban J connectivity index is 1.53. The first-order valence-corrected chi connectivity index (χ1v) is 11.5. The first kappa shape index (κ1) is 22.4. The number of aryl methyl sites for hydroxylation is 1. The normalized spacial score (nSPS) is 10.9. The highest BCUT2D eigenvalue weighted by molar-refractivity contribution is 7.98. The largest absolute Gasteiger partial charge is 0.494 e. The van der Waals surface area contributed by atoms with Gasteiger partial charge in [0.1, 0.15) is 28.7 Å². The molecule has 0 aliphatic carbocycles. The highest BCUT2D eigenvalue weighted by atomic mass is 32.2. The minimum atomic E-state index is -0.265. The van der Waals surface area contributed by atoms with Crippen molar-refractivity contribution in [2.45, 2.75) is 25.4 Å². The predicted octanol–water partition coefficient (Wildman–Crippen LogP) is 4.25. The molecule has 2 aromatic heterocycles. The van der Waals surface area contributed by atoms with Gasteiger partial charge < -0.3 is 20.3 Å². The number of nitrogen functional groups attached to an aromatic ring is 1. The van der Waals surface area contributed by atoms with Crippen molar-refractivity contribution in [1.82, 2.24) is 19.9 Å². The molecule has 2 aromatic carbocycles. The number of nitrogens with zero attached hydrogens (tertiary/aromatic N) is 4. The van der Waals surface area contributed by atoms with Crippen molar-refractivity contribution >= 4 is 29.2 Å². The zero-order valence-corrected chi connectivity index (χ0v) is 19.3. The molecule has 9 nitrogen and oxygen atoms in total. The van der Waals surface area contributed by atoms with Gasteiger partial charge in [0, 0.05) is 11.3 Å². The quantitative estimate of drug-likeness (QED) is 0.371. The van der Waals surface area contributed by atoms with Crippen LogP contribution in [-0.2, 0) is 11.3 Å². The fourth-order valence-corrected chi connectivity index (χ4v) is 3.86. The van der Waals surface area contributed by atoms with Crippen molar-refractivity contribution in [3.63, 3.8) is 0 Å². The van der Waals surface area contributed by atoms with Gasteiger partial charge >= 0.3 is 0 Å². The van der Waals surface area contributed by atoms with Crippen LogP contribution in [0.4, 0.5) is 11.5 Å². The lowest BCUT2D eigenvalue weighted by Crippen LogP contribution is -2.20. The van der Waals surface area contributed by atoms with Crippen LogP contribution in [0.15, 0.2) is 58.1 Å². The van der Waals surface area contributed by atoms with E-state index < -0.39 is 0 Å². The Morgan fingerprint density at radius 3 is 2.73 bits per heavy atom. The molecule has 10 heteroatoms. The van der Waals surface area contributed by atoms with E-state index in [1.807, 2.05) is 44.4 Å². The molecule has 0 unspecified atom stereocenters. The Kier molecular flexibility index (Phi) is 6.64.